The van der Waals surface area contributed by atoms with Crippen molar-refractivity contribution < 1.29 is 36.0 Å². The van der Waals surface area contributed by atoms with Gasteiger partial charge in [0.25, 0.3) is 0 Å². The molecule has 1 saturated heterocycles. The topological polar surface area (TPSA) is 75.2 Å². The zero-order valence-electron chi connectivity index (χ0n) is 18.7. The first-order chi connectivity index (χ1) is 15.6. The summed E-state index contributed by atoms with van der Waals surface area (Å²) in [6, 6.07) is 16.0. The van der Waals surface area contributed by atoms with Crippen LogP contribution in [0.25, 0.3) is 0 Å². The van der Waals surface area contributed by atoms with Gasteiger partial charge in [-0.25, -0.2) is 0 Å². The summed E-state index contributed by atoms with van der Waals surface area (Å²) < 4.78 is 18.8. The van der Waals surface area contributed by atoms with E-state index in [1.54, 1.807) is 14.2 Å². The Morgan fingerprint density at radius 1 is 1.12 bits per heavy atom. The molecule has 2 aromatic carbocycles. The van der Waals surface area contributed by atoms with Crippen molar-refractivity contribution in [1.82, 2.24) is 8.43 Å². The third-order valence-electron chi connectivity index (χ3n) is 6.65. The Hall–Kier alpha value is -2.33. The molecule has 7 nitrogen and oxygen atoms in total. The second kappa shape index (κ2) is 10.1. The summed E-state index contributed by atoms with van der Waals surface area (Å²) in [4.78, 5) is 14.6. The third-order valence-corrected chi connectivity index (χ3v) is 8.30. The molecule has 2 fully saturated rings. The van der Waals surface area contributed by atoms with Gasteiger partial charge in [-0.15, -0.1) is 0 Å². The molecule has 2 N–H and O–H groups in total. The molecule has 172 valence electrons. The van der Waals surface area contributed by atoms with Crippen LogP contribution in [0.15, 0.2) is 51.7 Å². The van der Waals surface area contributed by atoms with Gasteiger partial charge in [-0.05, 0) is 0 Å². The molecule has 1 saturated carbocycles. The molecule has 0 bridgehead atoms. The van der Waals surface area contributed by atoms with Gasteiger partial charge in [0.1, 0.15) is 0 Å². The first-order valence-electron chi connectivity index (χ1n) is 10.8. The van der Waals surface area contributed by atoms with Crippen LogP contribution >= 0.6 is 0 Å². The number of nitrogens with one attached hydrogen (secondary N) is 2. The van der Waals surface area contributed by atoms with Crippen molar-refractivity contribution in [3.8, 4) is 11.5 Å². The monoisotopic (exact) mass is 549 g/mol. The maximum atomic E-state index is 12.1. The number of halogens is 1. The van der Waals surface area contributed by atoms with Crippen molar-refractivity contribution in [1.29, 1.82) is 0 Å². The van der Waals surface area contributed by atoms with Gasteiger partial charge >= 0.3 is 201 Å². The van der Waals surface area contributed by atoms with Gasteiger partial charge < -0.3 is 0 Å². The van der Waals surface area contributed by atoms with Crippen LogP contribution in [-0.4, -0.2) is 50.5 Å². The summed E-state index contributed by atoms with van der Waals surface area (Å²) in [6.07, 6.45) is 4.08. The molecule has 2 aliphatic rings. The van der Waals surface area contributed by atoms with Crippen LogP contribution in [0.5, 0.6) is 11.5 Å². The predicted octanol–water partition coefficient (Wildman–Crippen LogP) is 1.01. The van der Waals surface area contributed by atoms with E-state index >= 15 is 0 Å². The first kappa shape index (κ1) is 22.8. The van der Waals surface area contributed by atoms with Crippen molar-refractivity contribution >= 4 is 17.4 Å². The summed E-state index contributed by atoms with van der Waals surface area (Å²) in [6.45, 7) is 1.07. The number of urea groups is 1. The first-order valence-corrected chi connectivity index (χ1v) is 12.8. The Kier molecular flexibility index (Phi) is 7.20. The molecule has 32 heavy (non-hydrogen) atoms. The molecule has 1 aliphatic carbocycles. The van der Waals surface area contributed by atoms with Crippen LogP contribution in [0.3, 0.4) is 0 Å². The van der Waals surface area contributed by atoms with E-state index in [4.69, 9.17) is 12.7 Å². The Morgan fingerprint density at radius 3 is 2.66 bits per heavy atom. The SMILES string of the molecule is COc1ccc(C23CC/C(=N\[I-]NC(=O)Nc4ccccc4)CC2N(C)CC3)cc1OC. The number of hydrogen-bond donors (Lipinski definition) is 2. The van der Waals surface area contributed by atoms with Gasteiger partial charge in [0, 0.05) is 0 Å². The fourth-order valence-electron chi connectivity index (χ4n) is 4.95. The summed E-state index contributed by atoms with van der Waals surface area (Å²) in [5, 5.41) is 2.85. The van der Waals surface area contributed by atoms with Crippen molar-refractivity contribution in [3.05, 3.63) is 54.1 Å². The third kappa shape index (κ3) is 4.71. The number of anilines is 1. The number of amides is 2. The van der Waals surface area contributed by atoms with Crippen LogP contribution in [0.2, 0.25) is 0 Å². The van der Waals surface area contributed by atoms with E-state index in [0.717, 1.165) is 49.4 Å². The van der Waals surface area contributed by atoms with Gasteiger partial charge in [-0.2, -0.15) is 0 Å². The number of carbonyl (C=O) groups is 1. The number of likely N-dealkylation sites (N-methyl/N-ethyl adjacent to an activating group) is 1. The molecule has 8 heteroatoms. The van der Waals surface area contributed by atoms with Crippen LogP contribution in [-0.2, 0) is 5.41 Å². The Labute approximate surface area is 200 Å². The van der Waals surface area contributed by atoms with E-state index in [-0.39, 0.29) is 11.4 Å². The molecular formula is C24H30IN4O3-. The number of nitrogens with zero attached hydrogens (tertiary/aromatic N) is 2. The van der Waals surface area contributed by atoms with Crippen LogP contribution < -0.4 is 40.1 Å². The van der Waals surface area contributed by atoms with Gasteiger partial charge in [0.15, 0.2) is 0 Å². The molecule has 1 heterocycles. The van der Waals surface area contributed by atoms with E-state index in [9.17, 15) is 4.79 Å². The summed E-state index contributed by atoms with van der Waals surface area (Å²) in [5.41, 5.74) is 3.42. The average Bonchev–Trinajstić information content (AvgIpc) is 3.16. The standard InChI is InChI=1S/C24H30IN4O3/c1-29-14-13-24(17-9-10-20(31-2)21(15-17)32-3)12-11-19(16-22(24)29)27-25-28-23(30)26-18-7-5-4-6-8-18/h4-10,15,22H,11-14,16H2,1-3H3,(H2,26,28,30)/q-1/b27-19+. The molecule has 2 unspecified atom stereocenters. The summed E-state index contributed by atoms with van der Waals surface area (Å²) >= 11 is -0.788. The maximum absolute atomic E-state index is 12.1. The fraction of sp³-hybridized carbons (Fsp3) is 0.417. The number of methoxy groups -OCH3 is 2. The number of benzene rings is 2. The predicted molar refractivity (Wildman–Crippen MR) is 122 cm³/mol. The number of carbonyl (C=O) groups excluding carboxylic acids is 1. The van der Waals surface area contributed by atoms with Gasteiger partial charge in [0.2, 0.25) is 0 Å². The molecule has 4 rings (SSSR count). The number of ether oxygens (including phenoxy) is 2. The molecule has 1 aliphatic heterocycles. The van der Waals surface area contributed by atoms with Gasteiger partial charge in [-0.1, -0.05) is 0 Å². The van der Waals surface area contributed by atoms with Crippen molar-refractivity contribution in [2.45, 2.75) is 37.1 Å². The number of fused-ring (bicyclic) bond motifs is 1. The number of likely N-dealkylation sites (tertiary alicyclic amines) is 1. The minimum atomic E-state index is -0.788. The zero-order valence-corrected chi connectivity index (χ0v) is 20.9. The summed E-state index contributed by atoms with van der Waals surface area (Å²) in [5.74, 6) is 1.55. The minimum absolute atomic E-state index is 0.101. The molecule has 0 aromatic heterocycles. The summed E-state index contributed by atoms with van der Waals surface area (Å²) in [7, 11) is 5.56. The normalized spacial score (nSPS) is 24.2. The van der Waals surface area contributed by atoms with Crippen LogP contribution in [0.4, 0.5) is 10.5 Å². The number of hydrogen-bond acceptors (Lipinski definition) is 5. The second-order valence-corrected chi connectivity index (χ2v) is 9.83. The van der Waals surface area contributed by atoms with Crippen LogP contribution in [0, 0.1) is 0 Å². The number of rotatable bonds is 6. The van der Waals surface area contributed by atoms with Gasteiger partial charge in [0.05, 0.1) is 0 Å². The average molecular weight is 549 g/mol. The van der Waals surface area contributed by atoms with E-state index in [1.807, 2.05) is 36.4 Å². The second-order valence-electron chi connectivity index (χ2n) is 8.33. The Morgan fingerprint density at radius 2 is 1.91 bits per heavy atom. The van der Waals surface area contributed by atoms with E-state index < -0.39 is 21.8 Å². The molecule has 2 aromatic rings. The Bertz CT molecular complexity index is 984. The van der Waals surface area contributed by atoms with Crippen molar-refractivity contribution in [3.63, 3.8) is 0 Å². The van der Waals surface area contributed by atoms with Crippen molar-refractivity contribution in [2.24, 2.45) is 3.21 Å². The Balaban J connectivity index is 1.42. The van der Waals surface area contributed by atoms with E-state index in [0.29, 0.717) is 6.04 Å². The van der Waals surface area contributed by atoms with E-state index in [2.05, 4.69) is 32.9 Å². The van der Waals surface area contributed by atoms with Crippen LogP contribution in [0.1, 0.15) is 31.2 Å². The van der Waals surface area contributed by atoms with E-state index in [1.165, 1.54) is 11.3 Å². The molecule has 0 radical (unpaired) electrons. The number of para-hydroxylation sites is 1. The zero-order chi connectivity index (χ0) is 22.6. The molecule has 2 amide bonds. The fourth-order valence-corrected chi connectivity index (χ4v) is 6.21. The molecular weight excluding hydrogens is 519 g/mol. The molecule has 0 spiro atoms. The van der Waals surface area contributed by atoms with Crippen molar-refractivity contribution in [2.75, 3.05) is 33.1 Å². The molecule has 2 atom stereocenters. The van der Waals surface area contributed by atoms with Gasteiger partial charge in [-0.3, -0.25) is 0 Å². The quantitative estimate of drug-likeness (QED) is 0.417.